The first-order chi connectivity index (χ1) is 10.1. The van der Waals surface area contributed by atoms with Crippen molar-refractivity contribution in [2.75, 3.05) is 25.6 Å². The standard InChI is InChI=1S/C16H23N3O2/c1-12-5-6-15(16(9-12)21-8-7-20-4)17-10-14-11-19(3)18-13(14)2/h5-6,9,11,17H,7-8,10H2,1-4H3. The van der Waals surface area contributed by atoms with Crippen molar-refractivity contribution < 1.29 is 9.47 Å². The third kappa shape index (κ3) is 4.23. The zero-order valence-electron chi connectivity index (χ0n) is 13.1. The second kappa shape index (κ2) is 7.13. The molecule has 5 nitrogen and oxygen atoms in total. The lowest BCUT2D eigenvalue weighted by Crippen LogP contribution is -2.07. The lowest BCUT2D eigenvalue weighted by atomic mass is 10.2. The summed E-state index contributed by atoms with van der Waals surface area (Å²) in [5, 5.41) is 7.77. The van der Waals surface area contributed by atoms with Gasteiger partial charge in [0.1, 0.15) is 12.4 Å². The Balaban J connectivity index is 2.06. The van der Waals surface area contributed by atoms with Crippen LogP contribution in [0.15, 0.2) is 24.4 Å². The van der Waals surface area contributed by atoms with E-state index in [1.54, 1.807) is 7.11 Å². The molecule has 0 fully saturated rings. The molecule has 0 atom stereocenters. The first-order valence-electron chi connectivity index (χ1n) is 7.05. The summed E-state index contributed by atoms with van der Waals surface area (Å²) in [7, 11) is 3.60. The summed E-state index contributed by atoms with van der Waals surface area (Å²) in [6.45, 7) is 5.92. The Labute approximate surface area is 125 Å². The average molecular weight is 289 g/mol. The zero-order chi connectivity index (χ0) is 15.2. The molecule has 114 valence electrons. The third-order valence-electron chi connectivity index (χ3n) is 3.27. The first-order valence-corrected chi connectivity index (χ1v) is 7.05. The number of anilines is 1. The van der Waals surface area contributed by atoms with Gasteiger partial charge in [-0.15, -0.1) is 0 Å². The number of methoxy groups -OCH3 is 1. The van der Waals surface area contributed by atoms with Crippen molar-refractivity contribution in [3.63, 3.8) is 0 Å². The van der Waals surface area contributed by atoms with Gasteiger partial charge in [0.2, 0.25) is 0 Å². The molecule has 0 bridgehead atoms. The summed E-state index contributed by atoms with van der Waals surface area (Å²) in [6, 6.07) is 6.15. The molecule has 0 aliphatic carbocycles. The number of hydrogen-bond donors (Lipinski definition) is 1. The van der Waals surface area contributed by atoms with Crippen molar-refractivity contribution in [1.29, 1.82) is 0 Å². The van der Waals surface area contributed by atoms with Crippen LogP contribution >= 0.6 is 0 Å². The van der Waals surface area contributed by atoms with Gasteiger partial charge in [-0.25, -0.2) is 0 Å². The second-order valence-electron chi connectivity index (χ2n) is 5.11. The topological polar surface area (TPSA) is 48.3 Å². The van der Waals surface area contributed by atoms with Crippen LogP contribution in [-0.2, 0) is 18.3 Å². The predicted octanol–water partition coefficient (Wildman–Crippen LogP) is 2.67. The van der Waals surface area contributed by atoms with E-state index in [-0.39, 0.29) is 0 Å². The number of nitrogens with one attached hydrogen (secondary N) is 1. The molecule has 0 unspecified atom stereocenters. The van der Waals surface area contributed by atoms with E-state index in [1.165, 1.54) is 11.1 Å². The fourth-order valence-electron chi connectivity index (χ4n) is 2.14. The molecule has 2 rings (SSSR count). The Morgan fingerprint density at radius 1 is 1.24 bits per heavy atom. The fraction of sp³-hybridized carbons (Fsp3) is 0.438. The molecule has 0 radical (unpaired) electrons. The van der Waals surface area contributed by atoms with Crippen molar-refractivity contribution in [3.05, 3.63) is 41.2 Å². The van der Waals surface area contributed by atoms with Gasteiger partial charge in [0.15, 0.2) is 0 Å². The number of nitrogens with zero attached hydrogens (tertiary/aromatic N) is 2. The van der Waals surface area contributed by atoms with Crippen LogP contribution < -0.4 is 10.1 Å². The quantitative estimate of drug-likeness (QED) is 0.796. The van der Waals surface area contributed by atoms with Crippen molar-refractivity contribution >= 4 is 5.69 Å². The largest absolute Gasteiger partial charge is 0.489 e. The van der Waals surface area contributed by atoms with Gasteiger partial charge < -0.3 is 14.8 Å². The number of rotatable bonds is 7. The summed E-state index contributed by atoms with van der Waals surface area (Å²) in [5.74, 6) is 0.855. The number of hydrogen-bond acceptors (Lipinski definition) is 4. The number of aromatic nitrogens is 2. The summed E-state index contributed by atoms with van der Waals surface area (Å²) in [4.78, 5) is 0. The highest BCUT2D eigenvalue weighted by molar-refractivity contribution is 5.58. The molecule has 0 saturated heterocycles. The fourth-order valence-corrected chi connectivity index (χ4v) is 2.14. The van der Waals surface area contributed by atoms with Crippen molar-refractivity contribution in [1.82, 2.24) is 9.78 Å². The molecule has 0 amide bonds. The van der Waals surface area contributed by atoms with Crippen LogP contribution in [0.5, 0.6) is 5.75 Å². The Hall–Kier alpha value is -2.01. The molecule has 0 aliphatic heterocycles. The van der Waals surface area contributed by atoms with Crippen LogP contribution in [0, 0.1) is 13.8 Å². The normalized spacial score (nSPS) is 10.7. The maximum absolute atomic E-state index is 5.77. The van der Waals surface area contributed by atoms with Crippen LogP contribution in [0.4, 0.5) is 5.69 Å². The first kappa shape index (κ1) is 15.4. The van der Waals surface area contributed by atoms with Gasteiger partial charge in [-0.2, -0.15) is 5.10 Å². The van der Waals surface area contributed by atoms with E-state index in [1.807, 2.05) is 37.0 Å². The monoisotopic (exact) mass is 289 g/mol. The van der Waals surface area contributed by atoms with Gasteiger partial charge in [0.05, 0.1) is 18.0 Å². The minimum atomic E-state index is 0.542. The maximum Gasteiger partial charge on any atom is 0.142 e. The maximum atomic E-state index is 5.77. The van der Waals surface area contributed by atoms with E-state index in [0.717, 1.165) is 23.7 Å². The van der Waals surface area contributed by atoms with Crippen molar-refractivity contribution in [2.45, 2.75) is 20.4 Å². The summed E-state index contributed by atoms with van der Waals surface area (Å²) in [5.41, 5.74) is 4.38. The van der Waals surface area contributed by atoms with Crippen LogP contribution in [0.2, 0.25) is 0 Å². The van der Waals surface area contributed by atoms with Crippen molar-refractivity contribution in [2.24, 2.45) is 7.05 Å². The van der Waals surface area contributed by atoms with Gasteiger partial charge in [0, 0.05) is 32.5 Å². The van der Waals surface area contributed by atoms with Gasteiger partial charge in [-0.3, -0.25) is 4.68 Å². The van der Waals surface area contributed by atoms with E-state index in [0.29, 0.717) is 13.2 Å². The predicted molar refractivity (Wildman–Crippen MR) is 83.8 cm³/mol. The summed E-state index contributed by atoms with van der Waals surface area (Å²) in [6.07, 6.45) is 2.03. The lowest BCUT2D eigenvalue weighted by Gasteiger charge is -2.13. The lowest BCUT2D eigenvalue weighted by molar-refractivity contribution is 0.146. The van der Waals surface area contributed by atoms with Crippen LogP contribution in [0.25, 0.3) is 0 Å². The van der Waals surface area contributed by atoms with E-state index < -0.39 is 0 Å². The highest BCUT2D eigenvalue weighted by Gasteiger charge is 2.07. The molecule has 1 aromatic heterocycles. The van der Waals surface area contributed by atoms with Gasteiger partial charge in [-0.1, -0.05) is 6.07 Å². The highest BCUT2D eigenvalue weighted by atomic mass is 16.5. The van der Waals surface area contributed by atoms with Gasteiger partial charge in [-0.05, 0) is 31.5 Å². The average Bonchev–Trinajstić information content (AvgIpc) is 2.76. The van der Waals surface area contributed by atoms with Crippen LogP contribution in [-0.4, -0.2) is 30.1 Å². The number of ether oxygens (including phenoxy) is 2. The Bertz CT molecular complexity index is 593. The third-order valence-corrected chi connectivity index (χ3v) is 3.27. The highest BCUT2D eigenvalue weighted by Crippen LogP contribution is 2.26. The molecule has 1 heterocycles. The van der Waals surface area contributed by atoms with E-state index in [4.69, 9.17) is 9.47 Å². The van der Waals surface area contributed by atoms with E-state index in [9.17, 15) is 0 Å². The Kier molecular flexibility index (Phi) is 5.22. The Morgan fingerprint density at radius 2 is 2.05 bits per heavy atom. The van der Waals surface area contributed by atoms with E-state index >= 15 is 0 Å². The molecule has 1 aromatic carbocycles. The zero-order valence-corrected chi connectivity index (χ0v) is 13.1. The molecule has 21 heavy (non-hydrogen) atoms. The number of benzene rings is 1. The Morgan fingerprint density at radius 3 is 2.71 bits per heavy atom. The van der Waals surface area contributed by atoms with Crippen LogP contribution in [0.1, 0.15) is 16.8 Å². The smallest absolute Gasteiger partial charge is 0.142 e. The summed E-state index contributed by atoms with van der Waals surface area (Å²) < 4.78 is 12.6. The molecular weight excluding hydrogens is 266 g/mol. The molecule has 0 saturated carbocycles. The minimum Gasteiger partial charge on any atom is -0.489 e. The molecule has 0 aliphatic rings. The minimum absolute atomic E-state index is 0.542. The van der Waals surface area contributed by atoms with Gasteiger partial charge >= 0.3 is 0 Å². The second-order valence-corrected chi connectivity index (χ2v) is 5.11. The van der Waals surface area contributed by atoms with Crippen molar-refractivity contribution in [3.8, 4) is 5.75 Å². The van der Waals surface area contributed by atoms with Crippen LogP contribution in [0.3, 0.4) is 0 Å². The molecule has 5 heteroatoms. The van der Waals surface area contributed by atoms with Gasteiger partial charge in [0.25, 0.3) is 0 Å². The summed E-state index contributed by atoms with van der Waals surface area (Å²) >= 11 is 0. The van der Waals surface area contributed by atoms with E-state index in [2.05, 4.69) is 23.4 Å². The molecule has 2 aromatic rings. The SMILES string of the molecule is COCCOc1cc(C)ccc1NCc1cn(C)nc1C. The molecule has 0 spiro atoms. The number of aryl methyl sites for hydroxylation is 3. The molecular formula is C16H23N3O2. The molecule has 1 N–H and O–H groups in total.